The van der Waals surface area contributed by atoms with Crippen LogP contribution >= 0.6 is 0 Å². The van der Waals surface area contributed by atoms with Crippen molar-refractivity contribution >= 4 is 34.4 Å². The minimum atomic E-state index is -0.621. The van der Waals surface area contributed by atoms with Gasteiger partial charge in [0.1, 0.15) is 18.2 Å². The molecule has 1 aliphatic carbocycles. The van der Waals surface area contributed by atoms with E-state index in [4.69, 9.17) is 10.7 Å². The zero-order valence-corrected chi connectivity index (χ0v) is 22.4. The molecular weight excluding hydrogens is 502 g/mol. The number of para-hydroxylation sites is 1. The molecule has 5 aromatic rings. The number of H-pyrrole nitrogens is 1. The molecular formula is C31H32N7O2+. The van der Waals surface area contributed by atoms with Crippen molar-refractivity contribution < 1.29 is 9.31 Å². The second kappa shape index (κ2) is 10.8. The smallest absolute Gasteiger partial charge is 0.362 e. The van der Waals surface area contributed by atoms with Crippen LogP contribution in [0.1, 0.15) is 66.8 Å². The molecule has 3 heterocycles. The lowest BCUT2D eigenvalue weighted by atomic mass is 9.88. The summed E-state index contributed by atoms with van der Waals surface area (Å²) in [6, 6.07) is 16.2. The summed E-state index contributed by atoms with van der Waals surface area (Å²) in [7, 11) is 0. The van der Waals surface area contributed by atoms with E-state index in [0.717, 1.165) is 5.56 Å². The quantitative estimate of drug-likeness (QED) is 0.277. The van der Waals surface area contributed by atoms with Gasteiger partial charge in [-0.05, 0) is 54.4 Å². The Hall–Kier alpha value is -4.79. The van der Waals surface area contributed by atoms with Crippen molar-refractivity contribution in [3.05, 3.63) is 100 Å². The van der Waals surface area contributed by atoms with Crippen molar-refractivity contribution in [2.24, 2.45) is 5.92 Å². The van der Waals surface area contributed by atoms with Crippen LogP contribution in [0.3, 0.4) is 0 Å². The van der Waals surface area contributed by atoms with Crippen LogP contribution in [0.5, 0.6) is 0 Å². The van der Waals surface area contributed by atoms with Crippen molar-refractivity contribution in [1.82, 2.24) is 25.0 Å². The van der Waals surface area contributed by atoms with E-state index in [-0.39, 0.29) is 16.9 Å². The molecule has 0 saturated heterocycles. The summed E-state index contributed by atoms with van der Waals surface area (Å²) in [5, 5.41) is 6.47. The number of anilines is 1. The summed E-state index contributed by atoms with van der Waals surface area (Å²) in [4.78, 5) is 36.9. The number of hydrogen-bond acceptors (Lipinski definition) is 5. The number of allylic oxidation sites excluding steroid dienone is 1. The van der Waals surface area contributed by atoms with Gasteiger partial charge in [0.2, 0.25) is 0 Å². The van der Waals surface area contributed by atoms with E-state index in [2.05, 4.69) is 27.6 Å². The predicted molar refractivity (Wildman–Crippen MR) is 155 cm³/mol. The lowest BCUT2D eigenvalue weighted by Crippen LogP contribution is -2.34. The Kier molecular flexibility index (Phi) is 6.86. The highest BCUT2D eigenvalue weighted by Crippen LogP contribution is 2.27. The number of nitrogens with zero attached hydrogens (tertiary/aromatic N) is 4. The molecule has 40 heavy (non-hydrogen) atoms. The highest BCUT2D eigenvalue weighted by atomic mass is 16.2. The molecule has 202 valence electrons. The molecule has 1 fully saturated rings. The Bertz CT molecular complexity index is 1780. The first-order valence-electron chi connectivity index (χ1n) is 13.8. The normalized spacial score (nSPS) is 15.1. The molecule has 9 nitrogen and oxygen atoms in total. The summed E-state index contributed by atoms with van der Waals surface area (Å²) in [6.07, 6.45) is 13.8. The summed E-state index contributed by atoms with van der Waals surface area (Å²) >= 11 is 0. The number of aromatic amines is 1. The van der Waals surface area contributed by atoms with E-state index in [1.807, 2.05) is 55.5 Å². The van der Waals surface area contributed by atoms with E-state index < -0.39 is 11.9 Å². The van der Waals surface area contributed by atoms with Gasteiger partial charge >= 0.3 is 5.65 Å². The number of aromatic nitrogens is 5. The predicted octanol–water partition coefficient (Wildman–Crippen LogP) is 4.51. The van der Waals surface area contributed by atoms with Crippen molar-refractivity contribution in [1.29, 1.82) is 0 Å². The van der Waals surface area contributed by atoms with Gasteiger partial charge in [0.15, 0.2) is 11.4 Å². The number of carbonyl (C=O) groups is 1. The number of rotatable bonds is 6. The number of amides is 1. The van der Waals surface area contributed by atoms with Crippen LogP contribution in [0, 0.1) is 5.92 Å². The average molecular weight is 535 g/mol. The topological polar surface area (TPSA) is 123 Å². The van der Waals surface area contributed by atoms with Crippen LogP contribution in [0.2, 0.25) is 0 Å². The van der Waals surface area contributed by atoms with Crippen LogP contribution < -0.4 is 21.1 Å². The van der Waals surface area contributed by atoms with E-state index >= 15 is 0 Å². The molecule has 0 radical (unpaired) electrons. The van der Waals surface area contributed by atoms with Crippen LogP contribution in [-0.2, 0) is 0 Å². The molecule has 1 aliphatic rings. The maximum absolute atomic E-state index is 14.2. The first-order chi connectivity index (χ1) is 19.5. The van der Waals surface area contributed by atoms with Crippen molar-refractivity contribution in [3.8, 4) is 5.69 Å². The third-order valence-corrected chi connectivity index (χ3v) is 7.61. The fourth-order valence-corrected chi connectivity index (χ4v) is 5.60. The minimum absolute atomic E-state index is 0.181. The van der Waals surface area contributed by atoms with Crippen molar-refractivity contribution in [2.45, 2.75) is 45.1 Å². The average Bonchev–Trinajstić information content (AvgIpc) is 3.32. The lowest BCUT2D eigenvalue weighted by Gasteiger charge is -2.20. The van der Waals surface area contributed by atoms with E-state index in [9.17, 15) is 9.59 Å². The zero-order valence-electron chi connectivity index (χ0n) is 22.4. The Balaban J connectivity index is 1.44. The molecule has 3 aromatic heterocycles. The highest BCUT2D eigenvalue weighted by Gasteiger charge is 2.27. The Morgan fingerprint density at radius 1 is 1.12 bits per heavy atom. The molecule has 9 heteroatoms. The maximum atomic E-state index is 14.2. The standard InChI is InChI=1S/C31H31N7O2/c1-20(34-30(39)26-27(32)36-37-19-9-18-33-29(26)37)28-35-24-15-8-12-22(17-16-21-10-4-2-5-11-21)25(24)31(40)38(28)23-13-6-3-7-14-23/h3,6-9,12-21H,2,4-5,10-11H2,1H3,(H3,32,34,36,39)/p+1. The SMILES string of the molecule is CC(NC(=O)c1c(N)[nH][n+]2cccnc12)c1nc2cccc(C=CC3CCCCC3)c2c(=O)n1-c1ccccc1. The fourth-order valence-electron chi connectivity index (χ4n) is 5.60. The number of carbonyl (C=O) groups excluding carboxylic acids is 1. The van der Waals surface area contributed by atoms with E-state index in [1.165, 1.54) is 32.1 Å². The second-order valence-corrected chi connectivity index (χ2v) is 10.4. The van der Waals surface area contributed by atoms with E-state index in [0.29, 0.717) is 34.0 Å². The van der Waals surface area contributed by atoms with Crippen LogP contribution in [0.25, 0.3) is 28.3 Å². The Morgan fingerprint density at radius 3 is 2.73 bits per heavy atom. The van der Waals surface area contributed by atoms with Gasteiger partial charge in [0, 0.05) is 6.07 Å². The second-order valence-electron chi connectivity index (χ2n) is 10.4. The lowest BCUT2D eigenvalue weighted by molar-refractivity contribution is -0.577. The fraction of sp³-hybridized carbons (Fsp3) is 0.258. The molecule has 1 unspecified atom stereocenters. The van der Waals surface area contributed by atoms with Crippen LogP contribution in [0.4, 0.5) is 5.82 Å². The van der Waals surface area contributed by atoms with Gasteiger partial charge in [-0.15, -0.1) is 4.52 Å². The highest BCUT2D eigenvalue weighted by molar-refractivity contribution is 6.03. The number of nitrogens with one attached hydrogen (secondary N) is 2. The van der Waals surface area contributed by atoms with Crippen molar-refractivity contribution in [2.75, 3.05) is 5.73 Å². The molecule has 1 saturated carbocycles. The molecule has 1 atom stereocenters. The van der Waals surface area contributed by atoms with E-state index in [1.54, 1.807) is 27.5 Å². The van der Waals surface area contributed by atoms with Gasteiger partial charge in [-0.2, -0.15) is 0 Å². The molecule has 2 aromatic carbocycles. The molecule has 1 amide bonds. The van der Waals surface area contributed by atoms with Gasteiger partial charge in [0.05, 0.1) is 22.6 Å². The molecule has 0 spiro atoms. The van der Waals surface area contributed by atoms with Crippen LogP contribution in [-0.4, -0.2) is 25.5 Å². The summed E-state index contributed by atoms with van der Waals surface area (Å²) < 4.78 is 3.18. The number of nitrogens with two attached hydrogens (primary N) is 1. The first-order valence-corrected chi connectivity index (χ1v) is 13.8. The van der Waals surface area contributed by atoms with Gasteiger partial charge < -0.3 is 11.1 Å². The van der Waals surface area contributed by atoms with Crippen LogP contribution in [0.15, 0.2) is 77.9 Å². The number of benzene rings is 2. The molecule has 4 N–H and O–H groups in total. The monoisotopic (exact) mass is 534 g/mol. The van der Waals surface area contributed by atoms with Gasteiger partial charge in [0.25, 0.3) is 11.5 Å². The molecule has 0 bridgehead atoms. The maximum Gasteiger partial charge on any atom is 0.362 e. The molecule has 6 rings (SSSR count). The zero-order chi connectivity index (χ0) is 27.6. The summed E-state index contributed by atoms with van der Waals surface area (Å²) in [5.41, 5.74) is 8.70. The van der Waals surface area contributed by atoms with Crippen molar-refractivity contribution in [3.63, 3.8) is 0 Å². The third-order valence-electron chi connectivity index (χ3n) is 7.61. The Morgan fingerprint density at radius 2 is 1.93 bits per heavy atom. The number of nitrogen functional groups attached to an aromatic ring is 1. The third kappa shape index (κ3) is 4.75. The summed E-state index contributed by atoms with van der Waals surface area (Å²) in [5.74, 6) is 0.738. The number of hydrogen-bond donors (Lipinski definition) is 3. The summed E-state index contributed by atoms with van der Waals surface area (Å²) in [6.45, 7) is 1.81. The minimum Gasteiger partial charge on any atom is -0.382 e. The molecule has 0 aliphatic heterocycles. The van der Waals surface area contributed by atoms with Gasteiger partial charge in [-0.1, -0.05) is 61.7 Å². The first kappa shape index (κ1) is 25.5. The largest absolute Gasteiger partial charge is 0.382 e. The van der Waals surface area contributed by atoms with Gasteiger partial charge in [-0.25, -0.2) is 10.1 Å². The van der Waals surface area contributed by atoms with Gasteiger partial charge in [-0.3, -0.25) is 14.2 Å². The number of fused-ring (bicyclic) bond motifs is 2. The Labute approximate surface area is 231 Å².